The molecule has 0 unspecified atom stereocenters. The molecule has 0 saturated carbocycles. The highest BCUT2D eigenvalue weighted by Gasteiger charge is 2.31. The molecule has 0 spiro atoms. The van der Waals surface area contributed by atoms with Gasteiger partial charge >= 0.3 is 0 Å². The molecule has 2 aromatic heterocycles. The first-order valence-corrected chi connectivity index (χ1v) is 12.6. The van der Waals surface area contributed by atoms with Gasteiger partial charge in [0.05, 0.1) is 11.4 Å². The van der Waals surface area contributed by atoms with Gasteiger partial charge in [-0.3, -0.25) is 4.90 Å². The lowest BCUT2D eigenvalue weighted by Gasteiger charge is -2.16. The average Bonchev–Trinajstić information content (AvgIpc) is 3.56. The van der Waals surface area contributed by atoms with Crippen LogP contribution in [0.3, 0.4) is 0 Å². The Morgan fingerprint density at radius 2 is 1.69 bits per heavy atom. The number of hydrogen-bond acceptors (Lipinski definition) is 6. The first kappa shape index (κ1) is 19.9. The van der Waals surface area contributed by atoms with Crippen LogP contribution in [0.15, 0.2) is 47.5 Å². The van der Waals surface area contributed by atoms with E-state index in [-0.39, 0.29) is 4.90 Å². The standard InChI is InChI=1S/C23H25N5O3S/c29-32(30,27-11-5-6-12-27)18-14-22-23(24-15-18)28-20(19-7-1-2-8-21(19)31-22)13-17(25-28)16-26-9-3-4-10-26/h1-2,7-8,13-15H,3-6,9-12,16H2. The van der Waals surface area contributed by atoms with Gasteiger partial charge in [0, 0.05) is 37.5 Å². The number of para-hydroxylation sites is 1. The fraction of sp³-hybridized carbons (Fsp3) is 0.391. The van der Waals surface area contributed by atoms with Gasteiger partial charge in [0.2, 0.25) is 10.0 Å². The molecule has 5 heterocycles. The minimum atomic E-state index is -3.59. The Morgan fingerprint density at radius 3 is 2.50 bits per heavy atom. The van der Waals surface area contributed by atoms with Crippen molar-refractivity contribution >= 4 is 10.0 Å². The molecule has 32 heavy (non-hydrogen) atoms. The summed E-state index contributed by atoms with van der Waals surface area (Å²) >= 11 is 0. The highest BCUT2D eigenvalue weighted by atomic mass is 32.2. The Hall–Kier alpha value is -2.75. The molecule has 0 amide bonds. The van der Waals surface area contributed by atoms with Crippen LogP contribution in [0.1, 0.15) is 31.4 Å². The van der Waals surface area contributed by atoms with E-state index in [1.54, 1.807) is 10.7 Å². The third-order valence-corrected chi connectivity index (χ3v) is 8.30. The Kier molecular flexibility index (Phi) is 4.78. The molecular weight excluding hydrogens is 426 g/mol. The van der Waals surface area contributed by atoms with E-state index in [1.165, 1.54) is 23.3 Å². The van der Waals surface area contributed by atoms with E-state index >= 15 is 0 Å². The molecule has 2 saturated heterocycles. The van der Waals surface area contributed by atoms with Crippen LogP contribution in [-0.4, -0.2) is 58.6 Å². The fourth-order valence-corrected chi connectivity index (χ4v) is 6.27. The molecule has 0 bridgehead atoms. The van der Waals surface area contributed by atoms with Gasteiger partial charge in [-0.1, -0.05) is 12.1 Å². The maximum atomic E-state index is 13.1. The number of hydrogen-bond donors (Lipinski definition) is 0. The van der Waals surface area contributed by atoms with Crippen molar-refractivity contribution in [3.05, 3.63) is 48.3 Å². The van der Waals surface area contributed by atoms with Crippen LogP contribution in [0.4, 0.5) is 0 Å². The summed E-state index contributed by atoms with van der Waals surface area (Å²) in [7, 11) is -3.59. The topological polar surface area (TPSA) is 80.6 Å². The Labute approximate surface area is 187 Å². The van der Waals surface area contributed by atoms with Crippen molar-refractivity contribution in [2.45, 2.75) is 37.1 Å². The second kappa shape index (κ2) is 7.68. The average molecular weight is 452 g/mol. The van der Waals surface area contributed by atoms with Crippen LogP contribution in [0.5, 0.6) is 11.5 Å². The molecule has 1 aromatic carbocycles. The smallest absolute Gasteiger partial charge is 0.244 e. The van der Waals surface area contributed by atoms with Gasteiger partial charge in [0.15, 0.2) is 11.6 Å². The quantitative estimate of drug-likeness (QED) is 0.473. The predicted octanol–water partition coefficient (Wildman–Crippen LogP) is 3.42. The van der Waals surface area contributed by atoms with Gasteiger partial charge in [-0.15, -0.1) is 0 Å². The lowest BCUT2D eigenvalue weighted by atomic mass is 10.1. The SMILES string of the molecule is O=S(=O)(c1cnc2c(c1)Oc1ccccc1-c1cc(CN3CCCC3)nn1-2)N1CCCC1. The van der Waals surface area contributed by atoms with Crippen molar-refractivity contribution in [2.24, 2.45) is 0 Å². The summed E-state index contributed by atoms with van der Waals surface area (Å²) in [6.07, 6.45) is 5.65. The van der Waals surface area contributed by atoms with E-state index in [0.717, 1.165) is 49.4 Å². The van der Waals surface area contributed by atoms with E-state index < -0.39 is 10.0 Å². The zero-order chi connectivity index (χ0) is 21.7. The van der Waals surface area contributed by atoms with Gasteiger partial charge in [0.1, 0.15) is 10.6 Å². The van der Waals surface area contributed by atoms with E-state index in [0.29, 0.717) is 30.4 Å². The zero-order valence-corrected chi connectivity index (χ0v) is 18.6. The minimum absolute atomic E-state index is 0.156. The molecule has 166 valence electrons. The molecule has 0 N–H and O–H groups in total. The number of ether oxygens (including phenoxy) is 1. The maximum absolute atomic E-state index is 13.1. The van der Waals surface area contributed by atoms with Crippen molar-refractivity contribution in [3.8, 4) is 28.6 Å². The number of sulfonamides is 1. The molecule has 0 radical (unpaired) electrons. The van der Waals surface area contributed by atoms with Gasteiger partial charge in [-0.2, -0.15) is 9.40 Å². The van der Waals surface area contributed by atoms with E-state index in [2.05, 4.69) is 16.0 Å². The highest BCUT2D eigenvalue weighted by molar-refractivity contribution is 7.89. The molecule has 2 fully saturated rings. The van der Waals surface area contributed by atoms with Gasteiger partial charge in [-0.05, 0) is 57.0 Å². The molecule has 3 aromatic rings. The van der Waals surface area contributed by atoms with Crippen LogP contribution in [-0.2, 0) is 16.6 Å². The van der Waals surface area contributed by atoms with Gasteiger partial charge in [0.25, 0.3) is 0 Å². The number of likely N-dealkylation sites (tertiary alicyclic amines) is 1. The molecule has 0 atom stereocenters. The predicted molar refractivity (Wildman–Crippen MR) is 119 cm³/mol. The maximum Gasteiger partial charge on any atom is 0.244 e. The van der Waals surface area contributed by atoms with Crippen molar-refractivity contribution in [1.82, 2.24) is 24.0 Å². The third-order valence-electron chi connectivity index (χ3n) is 6.44. The van der Waals surface area contributed by atoms with Crippen molar-refractivity contribution in [3.63, 3.8) is 0 Å². The summed E-state index contributed by atoms with van der Waals surface area (Å²) in [6, 6.07) is 11.4. The Morgan fingerprint density at radius 1 is 0.938 bits per heavy atom. The summed E-state index contributed by atoms with van der Waals surface area (Å²) in [4.78, 5) is 7.11. The largest absolute Gasteiger partial charge is 0.453 e. The van der Waals surface area contributed by atoms with Gasteiger partial charge in [-0.25, -0.2) is 18.1 Å². The van der Waals surface area contributed by atoms with E-state index in [9.17, 15) is 8.42 Å². The number of pyridine rings is 1. The van der Waals surface area contributed by atoms with Crippen LogP contribution < -0.4 is 4.74 Å². The summed E-state index contributed by atoms with van der Waals surface area (Å²) in [5.74, 6) is 1.56. The number of aromatic nitrogens is 3. The fourth-order valence-electron chi connectivity index (χ4n) is 4.79. The van der Waals surface area contributed by atoms with Crippen molar-refractivity contribution in [1.29, 1.82) is 0 Å². The molecule has 6 rings (SSSR count). The molecule has 3 aliphatic heterocycles. The van der Waals surface area contributed by atoms with Crippen LogP contribution in [0.2, 0.25) is 0 Å². The number of nitrogens with zero attached hydrogens (tertiary/aromatic N) is 5. The van der Waals surface area contributed by atoms with Crippen LogP contribution in [0, 0.1) is 0 Å². The van der Waals surface area contributed by atoms with Crippen LogP contribution in [0.25, 0.3) is 17.1 Å². The van der Waals surface area contributed by atoms with Gasteiger partial charge < -0.3 is 4.74 Å². The van der Waals surface area contributed by atoms with Crippen molar-refractivity contribution in [2.75, 3.05) is 26.2 Å². The first-order valence-electron chi connectivity index (χ1n) is 11.2. The highest BCUT2D eigenvalue weighted by Crippen LogP contribution is 2.41. The molecule has 0 aliphatic carbocycles. The summed E-state index contributed by atoms with van der Waals surface area (Å²) in [6.45, 7) is 4.07. The number of rotatable bonds is 4. The Bertz CT molecular complexity index is 1270. The normalized spacial score (nSPS) is 18.6. The zero-order valence-electron chi connectivity index (χ0n) is 17.8. The summed E-state index contributed by atoms with van der Waals surface area (Å²) in [5, 5.41) is 4.86. The second-order valence-electron chi connectivity index (χ2n) is 8.62. The summed E-state index contributed by atoms with van der Waals surface area (Å²) in [5.41, 5.74) is 2.78. The lowest BCUT2D eigenvalue weighted by Crippen LogP contribution is -2.28. The second-order valence-corrected chi connectivity index (χ2v) is 10.6. The molecule has 8 nitrogen and oxygen atoms in total. The van der Waals surface area contributed by atoms with E-state index in [4.69, 9.17) is 9.84 Å². The first-order chi connectivity index (χ1) is 15.6. The number of fused-ring (bicyclic) bond motifs is 5. The van der Waals surface area contributed by atoms with Crippen LogP contribution >= 0.6 is 0 Å². The van der Waals surface area contributed by atoms with Crippen molar-refractivity contribution < 1.29 is 13.2 Å². The molecule has 9 heteroatoms. The third kappa shape index (κ3) is 3.32. The minimum Gasteiger partial charge on any atom is -0.453 e. The lowest BCUT2D eigenvalue weighted by molar-refractivity contribution is 0.326. The summed E-state index contributed by atoms with van der Waals surface area (Å²) < 4.78 is 35.7. The Balaban J connectivity index is 1.46. The number of benzene rings is 1. The molecular formula is C23H25N5O3S. The van der Waals surface area contributed by atoms with E-state index in [1.807, 2.05) is 24.3 Å². The molecule has 3 aliphatic rings. The monoisotopic (exact) mass is 451 g/mol.